The van der Waals surface area contributed by atoms with E-state index >= 15 is 0 Å². The molecule has 0 saturated carbocycles. The highest BCUT2D eigenvalue weighted by Crippen LogP contribution is 2.35. The van der Waals surface area contributed by atoms with E-state index in [9.17, 15) is 4.79 Å². The van der Waals surface area contributed by atoms with Crippen LogP contribution in [-0.2, 0) is 4.79 Å². The van der Waals surface area contributed by atoms with Crippen LogP contribution in [0.2, 0.25) is 0 Å². The number of fused-ring (bicyclic) bond motifs is 1. The molecule has 1 amide bonds. The summed E-state index contributed by atoms with van der Waals surface area (Å²) in [7, 11) is 0. The molecule has 33 heavy (non-hydrogen) atoms. The number of para-hydroxylation sites is 1. The topological polar surface area (TPSA) is 86.3 Å². The van der Waals surface area contributed by atoms with Crippen LogP contribution in [0, 0.1) is 0 Å². The standard InChI is InChI=1S/C26H25N5O2/c1-2-23(32)30-16-6-7-19(17-30)31-26-24(22(27)14-15-28-26)25(29-31)18-10-12-21(13-11-18)33-20-8-4-3-5-9-20/h2-5,8-15,19H,1,6-7,16-17H2,(H2,27,28)/t19-/m1/s1. The zero-order valence-corrected chi connectivity index (χ0v) is 18.2. The Morgan fingerprint density at radius 3 is 2.61 bits per heavy atom. The minimum Gasteiger partial charge on any atom is -0.457 e. The van der Waals surface area contributed by atoms with Gasteiger partial charge < -0.3 is 15.4 Å². The van der Waals surface area contributed by atoms with E-state index in [-0.39, 0.29) is 11.9 Å². The summed E-state index contributed by atoms with van der Waals surface area (Å²) in [5.41, 5.74) is 9.42. The summed E-state index contributed by atoms with van der Waals surface area (Å²) in [6, 6.07) is 19.3. The lowest BCUT2D eigenvalue weighted by Gasteiger charge is -2.32. The van der Waals surface area contributed by atoms with Crippen molar-refractivity contribution in [2.45, 2.75) is 18.9 Å². The summed E-state index contributed by atoms with van der Waals surface area (Å²) in [5.74, 6) is 1.47. The number of aromatic nitrogens is 3. The van der Waals surface area contributed by atoms with Crippen molar-refractivity contribution in [3.8, 4) is 22.8 Å². The van der Waals surface area contributed by atoms with Crippen molar-refractivity contribution in [3.05, 3.63) is 79.5 Å². The van der Waals surface area contributed by atoms with E-state index < -0.39 is 0 Å². The van der Waals surface area contributed by atoms with Crippen molar-refractivity contribution in [3.63, 3.8) is 0 Å². The van der Waals surface area contributed by atoms with E-state index in [0.29, 0.717) is 12.2 Å². The van der Waals surface area contributed by atoms with Crippen LogP contribution in [0.25, 0.3) is 22.3 Å². The maximum absolute atomic E-state index is 12.2. The normalized spacial score (nSPS) is 16.0. The molecule has 0 radical (unpaired) electrons. The molecule has 0 bridgehead atoms. The predicted molar refractivity (Wildman–Crippen MR) is 129 cm³/mol. The smallest absolute Gasteiger partial charge is 0.246 e. The van der Waals surface area contributed by atoms with Crippen molar-refractivity contribution >= 4 is 22.6 Å². The predicted octanol–water partition coefficient (Wildman–Crippen LogP) is 4.82. The van der Waals surface area contributed by atoms with Gasteiger partial charge in [-0.3, -0.25) is 4.79 Å². The molecule has 1 aliphatic rings. The fourth-order valence-electron chi connectivity index (χ4n) is 4.33. The molecule has 2 aromatic heterocycles. The quantitative estimate of drug-likeness (QED) is 0.451. The van der Waals surface area contributed by atoms with Gasteiger partial charge in [-0.2, -0.15) is 5.10 Å². The van der Waals surface area contributed by atoms with Crippen molar-refractivity contribution in [2.75, 3.05) is 18.8 Å². The second kappa shape index (κ2) is 8.78. The molecule has 2 N–H and O–H groups in total. The van der Waals surface area contributed by atoms with Crippen molar-refractivity contribution < 1.29 is 9.53 Å². The summed E-state index contributed by atoms with van der Waals surface area (Å²) in [5, 5.41) is 5.77. The lowest BCUT2D eigenvalue weighted by Crippen LogP contribution is -2.40. The molecular weight excluding hydrogens is 414 g/mol. The fraction of sp³-hybridized carbons (Fsp3) is 0.192. The van der Waals surface area contributed by atoms with Gasteiger partial charge in [0.2, 0.25) is 5.91 Å². The molecule has 5 rings (SSSR count). The SMILES string of the molecule is C=CC(=O)N1CCC[C@@H](n2nc(-c3ccc(Oc4ccccc4)cc3)c3c(N)ccnc32)C1. The number of rotatable bonds is 5. The maximum Gasteiger partial charge on any atom is 0.246 e. The first-order valence-electron chi connectivity index (χ1n) is 11.0. The van der Waals surface area contributed by atoms with Crippen LogP contribution in [0.1, 0.15) is 18.9 Å². The number of likely N-dealkylation sites (tertiary alicyclic amines) is 1. The second-order valence-corrected chi connectivity index (χ2v) is 8.12. The van der Waals surface area contributed by atoms with Gasteiger partial charge in [-0.1, -0.05) is 24.8 Å². The van der Waals surface area contributed by atoms with E-state index in [2.05, 4.69) is 11.6 Å². The molecule has 1 saturated heterocycles. The lowest BCUT2D eigenvalue weighted by molar-refractivity contribution is -0.127. The Morgan fingerprint density at radius 1 is 1.09 bits per heavy atom. The Bertz CT molecular complexity index is 1300. The highest BCUT2D eigenvalue weighted by molar-refractivity contribution is 5.99. The first-order valence-corrected chi connectivity index (χ1v) is 11.0. The summed E-state index contributed by atoms with van der Waals surface area (Å²) >= 11 is 0. The van der Waals surface area contributed by atoms with E-state index in [1.807, 2.05) is 64.2 Å². The number of ether oxygens (including phenoxy) is 1. The zero-order chi connectivity index (χ0) is 22.8. The highest BCUT2D eigenvalue weighted by Gasteiger charge is 2.27. The van der Waals surface area contributed by atoms with Gasteiger partial charge in [0, 0.05) is 30.5 Å². The number of piperidine rings is 1. The van der Waals surface area contributed by atoms with Crippen LogP contribution in [0.5, 0.6) is 11.5 Å². The van der Waals surface area contributed by atoms with E-state index in [0.717, 1.165) is 53.2 Å². The minimum atomic E-state index is -0.0575. The average Bonchev–Trinajstić information content (AvgIpc) is 3.26. The third kappa shape index (κ3) is 4.05. The molecule has 7 heteroatoms. The van der Waals surface area contributed by atoms with Gasteiger partial charge in [-0.15, -0.1) is 0 Å². The molecule has 1 atom stereocenters. The summed E-state index contributed by atoms with van der Waals surface area (Å²) < 4.78 is 7.85. The molecule has 0 unspecified atom stereocenters. The van der Waals surface area contributed by atoms with E-state index in [4.69, 9.17) is 15.6 Å². The maximum atomic E-state index is 12.2. The Labute approximate surface area is 192 Å². The molecule has 3 heterocycles. The molecule has 4 aromatic rings. The van der Waals surface area contributed by atoms with Crippen LogP contribution in [-0.4, -0.2) is 38.7 Å². The van der Waals surface area contributed by atoms with Crippen molar-refractivity contribution in [1.82, 2.24) is 19.7 Å². The van der Waals surface area contributed by atoms with Crippen LogP contribution < -0.4 is 10.5 Å². The molecule has 1 fully saturated rings. The summed E-state index contributed by atoms with van der Waals surface area (Å²) in [6.45, 7) is 4.92. The van der Waals surface area contributed by atoms with Gasteiger partial charge in [0.1, 0.15) is 17.2 Å². The largest absolute Gasteiger partial charge is 0.457 e. The zero-order valence-electron chi connectivity index (χ0n) is 18.2. The number of hydrogen-bond acceptors (Lipinski definition) is 5. The van der Waals surface area contributed by atoms with E-state index in [1.54, 1.807) is 12.3 Å². The van der Waals surface area contributed by atoms with Crippen LogP contribution in [0.15, 0.2) is 79.5 Å². The number of nitrogen functional groups attached to an aromatic ring is 1. The van der Waals surface area contributed by atoms with Crippen LogP contribution in [0.3, 0.4) is 0 Å². The Kier molecular flexibility index (Phi) is 5.52. The number of hydrogen-bond donors (Lipinski definition) is 1. The number of nitrogens with zero attached hydrogens (tertiary/aromatic N) is 4. The Hall–Kier alpha value is -4.13. The van der Waals surface area contributed by atoms with Gasteiger partial charge in [0.05, 0.1) is 11.4 Å². The van der Waals surface area contributed by atoms with Crippen LogP contribution in [0.4, 0.5) is 5.69 Å². The number of nitrogens with two attached hydrogens (primary N) is 1. The Balaban J connectivity index is 1.50. The molecule has 7 nitrogen and oxygen atoms in total. The highest BCUT2D eigenvalue weighted by atomic mass is 16.5. The third-order valence-electron chi connectivity index (χ3n) is 5.96. The Morgan fingerprint density at radius 2 is 1.85 bits per heavy atom. The van der Waals surface area contributed by atoms with Gasteiger partial charge in [0.25, 0.3) is 0 Å². The van der Waals surface area contributed by atoms with Gasteiger partial charge in [0.15, 0.2) is 5.65 Å². The van der Waals surface area contributed by atoms with E-state index in [1.165, 1.54) is 6.08 Å². The van der Waals surface area contributed by atoms with Gasteiger partial charge in [-0.25, -0.2) is 9.67 Å². The minimum absolute atomic E-state index is 0.0221. The second-order valence-electron chi connectivity index (χ2n) is 8.12. The number of anilines is 1. The summed E-state index contributed by atoms with van der Waals surface area (Å²) in [4.78, 5) is 18.6. The lowest BCUT2D eigenvalue weighted by atomic mass is 10.1. The number of pyridine rings is 1. The first kappa shape index (κ1) is 20.8. The molecule has 1 aliphatic heterocycles. The molecule has 0 aliphatic carbocycles. The molecular formula is C26H25N5O2. The number of carbonyl (C=O) groups is 1. The molecule has 0 spiro atoms. The van der Waals surface area contributed by atoms with Crippen molar-refractivity contribution in [1.29, 1.82) is 0 Å². The molecule has 166 valence electrons. The van der Waals surface area contributed by atoms with Gasteiger partial charge in [-0.05, 0) is 61.4 Å². The number of benzene rings is 2. The fourth-order valence-corrected chi connectivity index (χ4v) is 4.33. The monoisotopic (exact) mass is 439 g/mol. The van der Waals surface area contributed by atoms with Gasteiger partial charge >= 0.3 is 0 Å². The first-order chi connectivity index (χ1) is 16.1. The van der Waals surface area contributed by atoms with Crippen molar-refractivity contribution in [2.24, 2.45) is 0 Å². The average molecular weight is 440 g/mol. The van der Waals surface area contributed by atoms with Crippen LogP contribution >= 0.6 is 0 Å². The number of carbonyl (C=O) groups excluding carboxylic acids is 1. The summed E-state index contributed by atoms with van der Waals surface area (Å²) in [6.07, 6.45) is 4.88. The molecule has 2 aromatic carbocycles. The number of amides is 1. The third-order valence-corrected chi connectivity index (χ3v) is 5.96.